The number of hydrogen-bond donors (Lipinski definition) is 0. The molecule has 0 aliphatic carbocycles. The molecular weight excluding hydrogens is 150 g/mol. The maximum absolute atomic E-state index is 4.33. The molecule has 0 fully saturated rings. The number of benzene rings is 1. The molecule has 0 amide bonds. The van der Waals surface area contributed by atoms with Gasteiger partial charge in [-0.1, -0.05) is 23.9 Å². The summed E-state index contributed by atoms with van der Waals surface area (Å²) in [5.41, 5.74) is 6.50. The minimum absolute atomic E-state index is 1.02. The molecule has 1 aromatic carbocycles. The van der Waals surface area contributed by atoms with Crippen molar-refractivity contribution in [3.05, 3.63) is 29.7 Å². The van der Waals surface area contributed by atoms with Crippen LogP contribution in [0.15, 0.2) is 24.3 Å². The number of nitrogens with zero attached hydrogens (tertiary/aromatic N) is 3. The highest BCUT2D eigenvalue weighted by molar-refractivity contribution is 5.86. The number of fused-ring (bicyclic) bond motifs is 1. The van der Waals surface area contributed by atoms with Crippen molar-refractivity contribution in [3.63, 3.8) is 0 Å². The van der Waals surface area contributed by atoms with E-state index >= 15 is 0 Å². The van der Waals surface area contributed by atoms with Gasteiger partial charge in [0.1, 0.15) is 5.69 Å². The molecule has 0 aromatic heterocycles. The summed E-state index contributed by atoms with van der Waals surface area (Å²) in [5.74, 6) is 0. The summed E-state index contributed by atoms with van der Waals surface area (Å²) >= 11 is 0. The summed E-state index contributed by atoms with van der Waals surface area (Å²) in [6.45, 7) is 0. The van der Waals surface area contributed by atoms with Crippen LogP contribution in [0.3, 0.4) is 0 Å². The van der Waals surface area contributed by atoms with E-state index < -0.39 is 0 Å². The third kappa shape index (κ3) is 1.03. The van der Waals surface area contributed by atoms with Gasteiger partial charge in [-0.25, -0.2) is 4.90 Å². The lowest BCUT2D eigenvalue weighted by atomic mass is 10.2. The second-order valence-electron chi connectivity index (χ2n) is 2.89. The van der Waals surface area contributed by atoms with E-state index in [0.717, 1.165) is 11.4 Å². The minimum atomic E-state index is 1.02. The zero-order valence-corrected chi connectivity index (χ0v) is 7.23. The molecule has 0 atom stereocenters. The fourth-order valence-corrected chi connectivity index (χ4v) is 1.36. The van der Waals surface area contributed by atoms with Crippen molar-refractivity contribution < 1.29 is 4.68 Å². The molecular formula is C9H11N3. The molecule has 0 N–H and O–H groups in total. The van der Waals surface area contributed by atoms with Gasteiger partial charge in [0.25, 0.3) is 0 Å². The fraction of sp³-hybridized carbons (Fsp3) is 0.222. The molecule has 0 radical (unpaired) electrons. The van der Waals surface area contributed by atoms with Gasteiger partial charge in [-0.15, -0.1) is 0 Å². The average Bonchev–Trinajstić information content (AvgIpc) is 2.04. The van der Waals surface area contributed by atoms with E-state index in [1.54, 1.807) is 0 Å². The van der Waals surface area contributed by atoms with Crippen LogP contribution in [0.5, 0.6) is 0 Å². The average molecular weight is 161 g/mol. The summed E-state index contributed by atoms with van der Waals surface area (Å²) in [7, 11) is 3.94. The van der Waals surface area contributed by atoms with Gasteiger partial charge < -0.3 is 10.1 Å². The third-order valence-corrected chi connectivity index (χ3v) is 1.87. The molecule has 62 valence electrons. The maximum atomic E-state index is 4.33. The monoisotopic (exact) mass is 161 g/mol. The Balaban J connectivity index is 2.48. The predicted molar refractivity (Wildman–Crippen MR) is 50.1 cm³/mol. The van der Waals surface area contributed by atoms with Crippen LogP contribution in [0.2, 0.25) is 0 Å². The van der Waals surface area contributed by atoms with Crippen molar-refractivity contribution in [1.29, 1.82) is 0 Å². The van der Waals surface area contributed by atoms with Gasteiger partial charge >= 0.3 is 0 Å². The lowest BCUT2D eigenvalue weighted by molar-refractivity contribution is -0.434. The van der Waals surface area contributed by atoms with E-state index in [0.29, 0.717) is 0 Å². The SMILES string of the molecule is CN1C=[N+](C)[N-]c2ccccc21. The summed E-state index contributed by atoms with van der Waals surface area (Å²) in [6.07, 6.45) is 1.95. The second-order valence-corrected chi connectivity index (χ2v) is 2.89. The summed E-state index contributed by atoms with van der Waals surface area (Å²) < 4.78 is 1.81. The van der Waals surface area contributed by atoms with Gasteiger partial charge in [-0.3, -0.25) is 0 Å². The van der Waals surface area contributed by atoms with Gasteiger partial charge in [0, 0.05) is 0 Å². The zero-order chi connectivity index (χ0) is 8.55. The van der Waals surface area contributed by atoms with Crippen LogP contribution in [0, 0.1) is 0 Å². The molecule has 0 unspecified atom stereocenters. The molecule has 12 heavy (non-hydrogen) atoms. The van der Waals surface area contributed by atoms with Crippen molar-refractivity contribution >= 4 is 17.7 Å². The number of hydrogen-bond acceptors (Lipinski definition) is 1. The van der Waals surface area contributed by atoms with Crippen molar-refractivity contribution in [1.82, 2.24) is 0 Å². The van der Waals surface area contributed by atoms with Crippen LogP contribution in [-0.4, -0.2) is 25.1 Å². The van der Waals surface area contributed by atoms with E-state index in [4.69, 9.17) is 0 Å². The topological polar surface area (TPSA) is 20.4 Å². The van der Waals surface area contributed by atoms with Crippen molar-refractivity contribution in [2.75, 3.05) is 19.0 Å². The van der Waals surface area contributed by atoms with Crippen LogP contribution in [0.25, 0.3) is 5.43 Å². The van der Waals surface area contributed by atoms with E-state index in [-0.39, 0.29) is 0 Å². The van der Waals surface area contributed by atoms with Crippen LogP contribution in [0.1, 0.15) is 0 Å². The van der Waals surface area contributed by atoms with Crippen molar-refractivity contribution in [2.24, 2.45) is 0 Å². The second kappa shape index (κ2) is 2.52. The zero-order valence-electron chi connectivity index (χ0n) is 7.23. The largest absolute Gasteiger partial charge is 0.496 e. The molecule has 0 bridgehead atoms. The molecule has 0 saturated heterocycles. The molecule has 1 aliphatic rings. The highest BCUT2D eigenvalue weighted by atomic mass is 15.5. The Morgan fingerprint density at radius 3 is 2.92 bits per heavy atom. The van der Waals surface area contributed by atoms with E-state index in [1.807, 2.05) is 43.3 Å². The summed E-state index contributed by atoms with van der Waals surface area (Å²) in [6, 6.07) is 8.08. The molecule has 1 aliphatic heterocycles. The Morgan fingerprint density at radius 2 is 2.08 bits per heavy atom. The molecule has 1 aromatic rings. The van der Waals surface area contributed by atoms with Crippen molar-refractivity contribution in [3.8, 4) is 0 Å². The molecule has 0 saturated carbocycles. The third-order valence-electron chi connectivity index (χ3n) is 1.87. The first-order valence-electron chi connectivity index (χ1n) is 3.89. The first kappa shape index (κ1) is 7.16. The van der Waals surface area contributed by atoms with Crippen LogP contribution < -0.4 is 4.90 Å². The Bertz CT molecular complexity index is 330. The number of rotatable bonds is 0. The number of anilines is 1. The van der Waals surface area contributed by atoms with Gasteiger partial charge in [0.15, 0.2) is 0 Å². The first-order chi connectivity index (χ1) is 5.77. The van der Waals surface area contributed by atoms with Gasteiger partial charge in [-0.05, 0) is 6.07 Å². The fourth-order valence-electron chi connectivity index (χ4n) is 1.36. The number of para-hydroxylation sites is 1. The van der Waals surface area contributed by atoms with Crippen LogP contribution in [-0.2, 0) is 0 Å². The molecule has 3 heteroatoms. The molecule has 1 heterocycles. The predicted octanol–water partition coefficient (Wildman–Crippen LogP) is 1.73. The Kier molecular flexibility index (Phi) is 1.50. The molecule has 2 rings (SSSR count). The summed E-state index contributed by atoms with van der Waals surface area (Å²) in [4.78, 5) is 2.06. The van der Waals surface area contributed by atoms with Gasteiger partial charge in [-0.2, -0.15) is 0 Å². The van der Waals surface area contributed by atoms with E-state index in [9.17, 15) is 0 Å². The molecule has 0 spiro atoms. The maximum Gasteiger partial charge on any atom is 0.229 e. The smallest absolute Gasteiger partial charge is 0.229 e. The lowest BCUT2D eigenvalue weighted by Crippen LogP contribution is -2.24. The quantitative estimate of drug-likeness (QED) is 0.530. The van der Waals surface area contributed by atoms with Crippen molar-refractivity contribution in [2.45, 2.75) is 0 Å². The highest BCUT2D eigenvalue weighted by Gasteiger charge is 2.09. The van der Waals surface area contributed by atoms with E-state index in [1.165, 1.54) is 0 Å². The van der Waals surface area contributed by atoms with E-state index in [2.05, 4.69) is 16.4 Å². The Hall–Kier alpha value is -1.51. The highest BCUT2D eigenvalue weighted by Crippen LogP contribution is 2.32. The van der Waals surface area contributed by atoms with Crippen LogP contribution in [0.4, 0.5) is 11.4 Å². The normalized spacial score (nSPS) is 14.8. The molecule has 3 nitrogen and oxygen atoms in total. The van der Waals surface area contributed by atoms with Gasteiger partial charge in [0.2, 0.25) is 6.34 Å². The van der Waals surface area contributed by atoms with Gasteiger partial charge in [0.05, 0.1) is 14.1 Å². The van der Waals surface area contributed by atoms with Crippen LogP contribution >= 0.6 is 0 Å². The standard InChI is InChI=1S/C9H11N3/c1-11-7-12(2)10-8-5-3-4-6-9(8)11/h3-7H,1-2H3. The Morgan fingerprint density at radius 1 is 1.33 bits per heavy atom. The summed E-state index contributed by atoms with van der Waals surface area (Å²) in [5, 5.41) is 0. The first-order valence-corrected chi connectivity index (χ1v) is 3.89. The minimum Gasteiger partial charge on any atom is -0.496 e. The Labute approximate surface area is 71.9 Å². The lowest BCUT2D eigenvalue weighted by Gasteiger charge is -2.29.